The summed E-state index contributed by atoms with van der Waals surface area (Å²) in [4.78, 5) is 26.4. The van der Waals surface area contributed by atoms with E-state index >= 15 is 0 Å². The second-order valence-electron chi connectivity index (χ2n) is 7.22. The number of anilines is 1. The molecule has 4 rings (SSSR count). The Morgan fingerprint density at radius 1 is 1.07 bits per heavy atom. The van der Waals surface area contributed by atoms with Crippen molar-refractivity contribution in [1.29, 1.82) is 0 Å². The number of hydrogen-bond acceptors (Lipinski definition) is 5. The van der Waals surface area contributed by atoms with Gasteiger partial charge < -0.3 is 10.6 Å². The third-order valence-corrected chi connectivity index (χ3v) is 4.99. The average molecular weight is 413 g/mol. The van der Waals surface area contributed by atoms with E-state index in [9.17, 15) is 18.0 Å². The number of halogens is 3. The summed E-state index contributed by atoms with van der Waals surface area (Å²) in [6.07, 6.45) is 2.77. The molecule has 1 aliphatic heterocycles. The van der Waals surface area contributed by atoms with Crippen LogP contribution in [0.15, 0.2) is 42.7 Å². The number of pyridine rings is 1. The van der Waals surface area contributed by atoms with Gasteiger partial charge in [-0.1, -0.05) is 0 Å². The summed E-state index contributed by atoms with van der Waals surface area (Å²) in [6.45, 7) is 1.07. The Kier molecular flexibility index (Phi) is 5.35. The van der Waals surface area contributed by atoms with Gasteiger partial charge in [-0.25, -0.2) is 23.1 Å². The maximum atomic E-state index is 14.0. The van der Waals surface area contributed by atoms with Gasteiger partial charge in [-0.05, 0) is 24.3 Å². The van der Waals surface area contributed by atoms with Crippen molar-refractivity contribution in [2.75, 3.05) is 18.8 Å². The highest BCUT2D eigenvalue weighted by Crippen LogP contribution is 2.25. The fourth-order valence-corrected chi connectivity index (χ4v) is 3.36. The van der Waals surface area contributed by atoms with Crippen molar-refractivity contribution in [2.45, 2.75) is 12.8 Å². The van der Waals surface area contributed by atoms with Gasteiger partial charge in [0.1, 0.15) is 17.5 Å². The van der Waals surface area contributed by atoms with Gasteiger partial charge >= 0.3 is 0 Å². The third-order valence-electron chi connectivity index (χ3n) is 4.99. The SMILES string of the molecule is Nc1ccc(-c2ccc(F)cc2F)nc1CC(=O)N1CC(Cc2ncc(F)cn2)C1. The molecule has 1 fully saturated rings. The zero-order valence-corrected chi connectivity index (χ0v) is 15.9. The minimum Gasteiger partial charge on any atom is -0.397 e. The minimum absolute atomic E-state index is 0.0255. The second-order valence-corrected chi connectivity index (χ2v) is 7.22. The zero-order valence-electron chi connectivity index (χ0n) is 15.9. The highest BCUT2D eigenvalue weighted by Gasteiger charge is 2.31. The molecule has 6 nitrogen and oxygen atoms in total. The van der Waals surface area contributed by atoms with Gasteiger partial charge in [0.25, 0.3) is 0 Å². The predicted octanol–water partition coefficient (Wildman–Crippen LogP) is 2.78. The number of hydrogen-bond donors (Lipinski definition) is 1. The van der Waals surface area contributed by atoms with Crippen molar-refractivity contribution >= 4 is 11.6 Å². The molecular formula is C21H18F3N5O. The van der Waals surface area contributed by atoms with Crippen LogP contribution in [-0.4, -0.2) is 38.8 Å². The summed E-state index contributed by atoms with van der Waals surface area (Å²) in [5.41, 5.74) is 7.02. The van der Waals surface area contributed by atoms with E-state index in [2.05, 4.69) is 15.0 Å². The lowest BCUT2D eigenvalue weighted by Gasteiger charge is -2.39. The molecular weight excluding hydrogens is 395 g/mol. The minimum atomic E-state index is -0.738. The average Bonchev–Trinajstić information content (AvgIpc) is 2.67. The van der Waals surface area contributed by atoms with Crippen LogP contribution in [0, 0.1) is 23.4 Å². The molecule has 2 N–H and O–H groups in total. The monoisotopic (exact) mass is 413 g/mol. The first-order chi connectivity index (χ1) is 14.4. The highest BCUT2D eigenvalue weighted by atomic mass is 19.1. The van der Waals surface area contributed by atoms with Crippen LogP contribution in [0.25, 0.3) is 11.3 Å². The first kappa shape index (κ1) is 19.8. The van der Waals surface area contributed by atoms with Gasteiger partial charge in [-0.3, -0.25) is 9.78 Å². The van der Waals surface area contributed by atoms with Gasteiger partial charge in [-0.2, -0.15) is 0 Å². The number of likely N-dealkylation sites (tertiary alicyclic amines) is 1. The molecule has 9 heteroatoms. The van der Waals surface area contributed by atoms with Crippen molar-refractivity contribution in [3.05, 3.63) is 71.7 Å². The van der Waals surface area contributed by atoms with Crippen LogP contribution in [0.3, 0.4) is 0 Å². The van der Waals surface area contributed by atoms with E-state index in [1.54, 1.807) is 11.0 Å². The van der Waals surface area contributed by atoms with Crippen LogP contribution in [0.5, 0.6) is 0 Å². The van der Waals surface area contributed by atoms with Gasteiger partial charge in [-0.15, -0.1) is 0 Å². The quantitative estimate of drug-likeness (QED) is 0.695. The molecule has 1 aliphatic rings. The van der Waals surface area contributed by atoms with Crippen LogP contribution in [-0.2, 0) is 17.6 Å². The number of nitrogen functional groups attached to an aromatic ring is 1. The molecule has 1 aromatic carbocycles. The fourth-order valence-electron chi connectivity index (χ4n) is 3.36. The number of nitrogens with zero attached hydrogens (tertiary/aromatic N) is 4. The number of carbonyl (C=O) groups is 1. The molecule has 1 amide bonds. The second kappa shape index (κ2) is 8.10. The molecule has 0 atom stereocenters. The summed E-state index contributed by atoms with van der Waals surface area (Å²) in [5, 5.41) is 0. The molecule has 154 valence electrons. The highest BCUT2D eigenvalue weighted by molar-refractivity contribution is 5.81. The van der Waals surface area contributed by atoms with Crippen molar-refractivity contribution in [3.8, 4) is 11.3 Å². The number of carbonyl (C=O) groups excluding carboxylic acids is 1. The van der Waals surface area contributed by atoms with E-state index in [4.69, 9.17) is 5.73 Å². The molecule has 0 spiro atoms. The summed E-state index contributed by atoms with van der Waals surface area (Å²) >= 11 is 0. The molecule has 3 aromatic rings. The van der Waals surface area contributed by atoms with E-state index in [1.807, 2.05) is 0 Å². The smallest absolute Gasteiger partial charge is 0.228 e. The number of amides is 1. The Bertz CT molecular complexity index is 1080. The molecule has 0 saturated carbocycles. The molecule has 3 heterocycles. The number of aromatic nitrogens is 3. The summed E-state index contributed by atoms with van der Waals surface area (Å²) in [5.74, 6) is -1.32. The lowest BCUT2D eigenvalue weighted by molar-refractivity contribution is -0.136. The topological polar surface area (TPSA) is 85.0 Å². The fraction of sp³-hybridized carbons (Fsp3) is 0.238. The molecule has 1 saturated heterocycles. The van der Waals surface area contributed by atoms with E-state index < -0.39 is 17.5 Å². The lowest BCUT2D eigenvalue weighted by atomic mass is 9.95. The van der Waals surface area contributed by atoms with E-state index in [0.29, 0.717) is 36.7 Å². The van der Waals surface area contributed by atoms with Crippen molar-refractivity contribution in [2.24, 2.45) is 5.92 Å². The first-order valence-corrected chi connectivity index (χ1v) is 9.34. The zero-order chi connectivity index (χ0) is 21.3. The van der Waals surface area contributed by atoms with Gasteiger partial charge in [0.15, 0.2) is 5.82 Å². The largest absolute Gasteiger partial charge is 0.397 e. The van der Waals surface area contributed by atoms with E-state index in [1.165, 1.54) is 12.1 Å². The summed E-state index contributed by atoms with van der Waals surface area (Å²) < 4.78 is 40.1. The number of rotatable bonds is 5. The standard InChI is InChI=1S/C21H18F3N5O/c22-13-1-2-15(16(24)6-13)18-4-3-17(25)19(28-18)7-21(30)29-10-12(11-29)5-20-26-8-14(23)9-27-20/h1-4,6,8-9,12H,5,7,10-11,25H2. The van der Waals surface area contributed by atoms with Gasteiger partial charge in [0, 0.05) is 37.1 Å². The van der Waals surface area contributed by atoms with Crippen LogP contribution < -0.4 is 5.73 Å². The normalized spacial score (nSPS) is 13.9. The van der Waals surface area contributed by atoms with Crippen LogP contribution >= 0.6 is 0 Å². The number of benzene rings is 1. The summed E-state index contributed by atoms with van der Waals surface area (Å²) in [6, 6.07) is 6.31. The molecule has 30 heavy (non-hydrogen) atoms. The van der Waals surface area contributed by atoms with Gasteiger partial charge in [0.05, 0.1) is 35.9 Å². The third kappa shape index (κ3) is 4.24. The molecule has 0 aliphatic carbocycles. The first-order valence-electron chi connectivity index (χ1n) is 9.34. The van der Waals surface area contributed by atoms with Crippen LogP contribution in [0.4, 0.5) is 18.9 Å². The molecule has 0 unspecified atom stereocenters. The number of nitrogens with two attached hydrogens (primary N) is 1. The van der Waals surface area contributed by atoms with Gasteiger partial charge in [0.2, 0.25) is 5.91 Å². The maximum Gasteiger partial charge on any atom is 0.228 e. The molecule has 0 bridgehead atoms. The Balaban J connectivity index is 1.39. The van der Waals surface area contributed by atoms with Crippen LogP contribution in [0.2, 0.25) is 0 Å². The van der Waals surface area contributed by atoms with E-state index in [-0.39, 0.29) is 29.5 Å². The van der Waals surface area contributed by atoms with Crippen molar-refractivity contribution in [1.82, 2.24) is 19.9 Å². The molecule has 2 aromatic heterocycles. The van der Waals surface area contributed by atoms with Crippen LogP contribution in [0.1, 0.15) is 11.5 Å². The maximum absolute atomic E-state index is 14.0. The predicted molar refractivity (Wildman–Crippen MR) is 103 cm³/mol. The lowest BCUT2D eigenvalue weighted by Crippen LogP contribution is -2.51. The Hall–Kier alpha value is -3.49. The Morgan fingerprint density at radius 3 is 2.50 bits per heavy atom. The summed E-state index contributed by atoms with van der Waals surface area (Å²) in [7, 11) is 0. The van der Waals surface area contributed by atoms with Crippen molar-refractivity contribution in [3.63, 3.8) is 0 Å². The Morgan fingerprint density at radius 2 is 1.80 bits per heavy atom. The van der Waals surface area contributed by atoms with E-state index in [0.717, 1.165) is 24.5 Å². The van der Waals surface area contributed by atoms with Crippen molar-refractivity contribution < 1.29 is 18.0 Å². The molecule has 0 radical (unpaired) electrons. The Labute approximate surface area is 170 Å².